The number of hydrogen-bond acceptors (Lipinski definition) is 5. The average Bonchev–Trinajstić information content (AvgIpc) is 2.60. The highest BCUT2D eigenvalue weighted by Crippen LogP contribution is 2.32. The molecule has 2 aromatic rings. The maximum Gasteiger partial charge on any atom is 0.434 e. The number of hydrogen-bond donors (Lipinski definition) is 1. The number of nitrogens with one attached hydrogen (secondary N) is 1. The van der Waals surface area contributed by atoms with Crippen molar-refractivity contribution in [3.8, 4) is 0 Å². The van der Waals surface area contributed by atoms with E-state index in [0.717, 1.165) is 6.20 Å². The summed E-state index contributed by atoms with van der Waals surface area (Å²) in [5.41, 5.74) is -2.19. The number of alkyl halides is 3. The van der Waals surface area contributed by atoms with Crippen LogP contribution in [0.15, 0.2) is 36.5 Å². The molecule has 1 amide bonds. The molecule has 0 saturated heterocycles. The van der Waals surface area contributed by atoms with E-state index in [1.54, 1.807) is 44.2 Å². The smallest absolute Gasteiger partial charge is 0.382 e. The maximum atomic E-state index is 13.5. The van der Waals surface area contributed by atoms with E-state index in [0.29, 0.717) is 5.69 Å². The van der Waals surface area contributed by atoms with E-state index in [1.807, 2.05) is 0 Å². The van der Waals surface area contributed by atoms with Crippen LogP contribution < -0.4 is 5.32 Å². The van der Waals surface area contributed by atoms with Crippen LogP contribution in [0.2, 0.25) is 0 Å². The fourth-order valence-electron chi connectivity index (χ4n) is 2.37. The fourth-order valence-corrected chi connectivity index (χ4v) is 2.37. The van der Waals surface area contributed by atoms with Crippen LogP contribution in [0.5, 0.6) is 0 Å². The predicted octanol–water partition coefficient (Wildman–Crippen LogP) is 3.74. The van der Waals surface area contributed by atoms with E-state index in [1.165, 1.54) is 19.1 Å². The Labute approximate surface area is 155 Å². The van der Waals surface area contributed by atoms with Crippen molar-refractivity contribution >= 4 is 17.5 Å². The predicted molar refractivity (Wildman–Crippen MR) is 94.8 cm³/mol. The highest BCUT2D eigenvalue weighted by molar-refractivity contribution is 5.95. The topological polar surface area (TPSA) is 67.3 Å². The van der Waals surface area contributed by atoms with E-state index in [-0.39, 0.29) is 12.6 Å². The molecule has 27 heavy (non-hydrogen) atoms. The lowest BCUT2D eigenvalue weighted by molar-refractivity contribution is -0.141. The number of benzene rings is 1. The minimum atomic E-state index is -4.81. The van der Waals surface area contributed by atoms with E-state index < -0.39 is 28.9 Å². The second-order valence-corrected chi connectivity index (χ2v) is 6.55. The van der Waals surface area contributed by atoms with Crippen molar-refractivity contribution in [2.45, 2.75) is 25.6 Å². The van der Waals surface area contributed by atoms with Gasteiger partial charge in [0.25, 0.3) is 5.91 Å². The van der Waals surface area contributed by atoms with Crippen LogP contribution in [0.4, 0.5) is 24.8 Å². The normalized spacial score (nSPS) is 12.0. The van der Waals surface area contributed by atoms with Gasteiger partial charge in [-0.15, -0.1) is 0 Å². The van der Waals surface area contributed by atoms with Gasteiger partial charge in [-0.3, -0.25) is 4.79 Å². The molecule has 0 saturated carbocycles. The number of amides is 1. The van der Waals surface area contributed by atoms with E-state index in [9.17, 15) is 18.0 Å². The van der Waals surface area contributed by atoms with Crippen LogP contribution in [0.3, 0.4) is 0 Å². The number of para-hydroxylation sites is 1. The number of ether oxygens (including phenoxy) is 1. The number of halogens is 3. The number of methoxy groups -OCH3 is 1. The van der Waals surface area contributed by atoms with Crippen LogP contribution in [0.1, 0.15) is 29.9 Å². The van der Waals surface area contributed by atoms with Gasteiger partial charge in [0.2, 0.25) is 5.95 Å². The molecule has 0 atom stereocenters. The third kappa shape index (κ3) is 4.94. The zero-order valence-corrected chi connectivity index (χ0v) is 15.5. The van der Waals surface area contributed by atoms with Crippen LogP contribution in [0.25, 0.3) is 0 Å². The van der Waals surface area contributed by atoms with Gasteiger partial charge in [-0.05, 0) is 26.0 Å². The van der Waals surface area contributed by atoms with Crippen molar-refractivity contribution in [2.24, 2.45) is 0 Å². The van der Waals surface area contributed by atoms with Gasteiger partial charge in [-0.2, -0.15) is 13.2 Å². The number of aromatic nitrogens is 2. The number of anilines is 2. The Kier molecular flexibility index (Phi) is 6.04. The van der Waals surface area contributed by atoms with Crippen molar-refractivity contribution in [3.63, 3.8) is 0 Å². The summed E-state index contributed by atoms with van der Waals surface area (Å²) < 4.78 is 45.6. The number of carbonyl (C=O) groups is 1. The first-order valence-corrected chi connectivity index (χ1v) is 8.09. The lowest BCUT2D eigenvalue weighted by Crippen LogP contribution is -2.48. The van der Waals surface area contributed by atoms with Crippen LogP contribution in [-0.2, 0) is 10.9 Å². The molecule has 0 unspecified atom stereocenters. The minimum absolute atomic E-state index is 0.158. The molecule has 0 aliphatic rings. The zero-order chi connectivity index (χ0) is 20.2. The molecule has 2 rings (SSSR count). The highest BCUT2D eigenvalue weighted by atomic mass is 19.4. The lowest BCUT2D eigenvalue weighted by Gasteiger charge is -2.35. The van der Waals surface area contributed by atoms with Gasteiger partial charge in [-0.1, -0.05) is 18.2 Å². The molecule has 0 aliphatic heterocycles. The molecule has 0 spiro atoms. The van der Waals surface area contributed by atoms with Gasteiger partial charge in [0.05, 0.1) is 17.7 Å². The quantitative estimate of drug-likeness (QED) is 0.825. The van der Waals surface area contributed by atoms with Crippen molar-refractivity contribution < 1.29 is 22.7 Å². The zero-order valence-electron chi connectivity index (χ0n) is 15.5. The summed E-state index contributed by atoms with van der Waals surface area (Å²) in [6.07, 6.45) is -3.92. The summed E-state index contributed by atoms with van der Waals surface area (Å²) in [7, 11) is 2.87. The summed E-state index contributed by atoms with van der Waals surface area (Å²) in [6.45, 7) is 3.53. The first kappa shape index (κ1) is 20.6. The van der Waals surface area contributed by atoms with E-state index in [4.69, 9.17) is 4.74 Å². The second-order valence-electron chi connectivity index (χ2n) is 6.55. The first-order valence-electron chi connectivity index (χ1n) is 8.09. The molecule has 1 heterocycles. The van der Waals surface area contributed by atoms with Crippen molar-refractivity contribution in [1.29, 1.82) is 0 Å². The van der Waals surface area contributed by atoms with Crippen molar-refractivity contribution in [3.05, 3.63) is 47.8 Å². The number of likely N-dealkylation sites (N-methyl/N-ethyl adjacent to an activating group) is 1. The van der Waals surface area contributed by atoms with Gasteiger partial charge in [0.1, 0.15) is 0 Å². The molecule has 146 valence electrons. The molecular formula is C18H21F3N4O2. The summed E-state index contributed by atoms with van der Waals surface area (Å²) >= 11 is 0. The third-order valence-electron chi connectivity index (χ3n) is 4.03. The molecule has 1 aromatic carbocycles. The minimum Gasteiger partial charge on any atom is -0.382 e. The molecule has 1 aromatic heterocycles. The van der Waals surface area contributed by atoms with Gasteiger partial charge in [-0.25, -0.2) is 9.97 Å². The Balaban J connectivity index is 2.40. The lowest BCUT2D eigenvalue weighted by atomic mass is 10.0. The molecular weight excluding hydrogens is 361 g/mol. The summed E-state index contributed by atoms with van der Waals surface area (Å²) in [5, 5.41) is 2.70. The van der Waals surface area contributed by atoms with Gasteiger partial charge in [0, 0.05) is 26.0 Å². The van der Waals surface area contributed by atoms with Crippen molar-refractivity contribution in [1.82, 2.24) is 14.9 Å². The van der Waals surface area contributed by atoms with E-state index in [2.05, 4.69) is 15.3 Å². The SMILES string of the molecule is COCC(C)(C)N(C)C(=O)c1cnc(Nc2ccccc2)nc1C(F)(F)F. The summed E-state index contributed by atoms with van der Waals surface area (Å²) in [4.78, 5) is 21.3. The third-order valence-corrected chi connectivity index (χ3v) is 4.03. The monoisotopic (exact) mass is 382 g/mol. The largest absolute Gasteiger partial charge is 0.434 e. The first-order chi connectivity index (χ1) is 12.6. The van der Waals surface area contributed by atoms with E-state index >= 15 is 0 Å². The average molecular weight is 382 g/mol. The molecule has 9 heteroatoms. The maximum absolute atomic E-state index is 13.5. The van der Waals surface area contributed by atoms with Crippen LogP contribution in [-0.4, -0.2) is 47.1 Å². The molecule has 0 bridgehead atoms. The highest BCUT2D eigenvalue weighted by Gasteiger charge is 2.40. The molecule has 0 fully saturated rings. The second kappa shape index (κ2) is 7.91. The van der Waals surface area contributed by atoms with Gasteiger partial charge >= 0.3 is 6.18 Å². The Hall–Kier alpha value is -2.68. The molecule has 0 radical (unpaired) electrons. The summed E-state index contributed by atoms with van der Waals surface area (Å²) in [5.74, 6) is -1.08. The fraction of sp³-hybridized carbons (Fsp3) is 0.389. The molecule has 6 nitrogen and oxygen atoms in total. The number of carbonyl (C=O) groups excluding carboxylic acids is 1. The molecule has 1 N–H and O–H groups in total. The van der Waals surface area contributed by atoms with Crippen molar-refractivity contribution in [2.75, 3.05) is 26.1 Å². The van der Waals surface area contributed by atoms with Gasteiger partial charge in [0.15, 0.2) is 5.69 Å². The summed E-state index contributed by atoms with van der Waals surface area (Å²) in [6, 6.07) is 8.54. The Morgan fingerprint density at radius 3 is 2.41 bits per heavy atom. The number of nitrogens with zero attached hydrogens (tertiary/aromatic N) is 3. The van der Waals surface area contributed by atoms with Gasteiger partial charge < -0.3 is 15.0 Å². The standard InChI is InChI=1S/C18H21F3N4O2/c1-17(2,11-27-4)25(3)15(26)13-10-22-16(24-14(13)18(19,20)21)23-12-8-6-5-7-9-12/h5-10H,11H2,1-4H3,(H,22,23,24). The Morgan fingerprint density at radius 2 is 1.85 bits per heavy atom. The number of rotatable bonds is 6. The Bertz CT molecular complexity index is 795. The Morgan fingerprint density at radius 1 is 1.22 bits per heavy atom. The van der Waals surface area contributed by atoms with Crippen LogP contribution in [0, 0.1) is 0 Å². The molecule has 0 aliphatic carbocycles. The van der Waals surface area contributed by atoms with Crippen LogP contribution >= 0.6 is 0 Å².